The maximum absolute atomic E-state index is 5.72. The monoisotopic (exact) mass is 235 g/mol. The largest absolute Gasteiger partial charge is 0.330 e. The van der Waals surface area contributed by atoms with Crippen molar-refractivity contribution in [3.05, 3.63) is 35.9 Å². The van der Waals surface area contributed by atoms with Gasteiger partial charge in [-0.2, -0.15) is 0 Å². The minimum atomic E-state index is 0.432. The van der Waals surface area contributed by atoms with Gasteiger partial charge in [0.05, 0.1) is 0 Å². The molecule has 17 heavy (non-hydrogen) atoms. The lowest BCUT2D eigenvalue weighted by molar-refractivity contribution is 0.211. The van der Waals surface area contributed by atoms with Gasteiger partial charge in [0.15, 0.2) is 0 Å². The van der Waals surface area contributed by atoms with Crippen LogP contribution in [0.4, 0.5) is 0 Å². The van der Waals surface area contributed by atoms with Crippen LogP contribution in [0, 0.1) is 0 Å². The van der Waals surface area contributed by atoms with E-state index in [1.54, 1.807) is 0 Å². The molecular weight excluding hydrogens is 210 g/mol. The maximum atomic E-state index is 5.72. The average Bonchev–Trinajstić information content (AvgIpc) is 2.34. The molecule has 1 unspecified atom stereocenters. The van der Waals surface area contributed by atoms with Crippen molar-refractivity contribution in [2.24, 2.45) is 5.73 Å². The molecule has 0 radical (unpaired) electrons. The number of benzene rings is 1. The molecule has 0 spiro atoms. The Morgan fingerprint density at radius 2 is 1.71 bits per heavy atom. The third-order valence-electron chi connectivity index (χ3n) is 3.06. The first-order valence-corrected chi connectivity index (χ1v) is 6.25. The van der Waals surface area contributed by atoms with Crippen LogP contribution >= 0.6 is 0 Å². The zero-order valence-electron chi connectivity index (χ0n) is 11.3. The second-order valence-electron chi connectivity index (χ2n) is 4.79. The fraction of sp³-hybridized carbons (Fsp3) is 0.571. The van der Waals surface area contributed by atoms with Crippen molar-refractivity contribution in [2.45, 2.75) is 12.5 Å². The maximum Gasteiger partial charge on any atom is 0.0357 e. The van der Waals surface area contributed by atoms with Gasteiger partial charge in [-0.25, -0.2) is 0 Å². The molecule has 1 aromatic rings. The molecule has 96 valence electrons. The predicted octanol–water partition coefficient (Wildman–Crippen LogP) is 1.57. The van der Waals surface area contributed by atoms with Crippen molar-refractivity contribution >= 4 is 0 Å². The zero-order chi connectivity index (χ0) is 12.7. The number of likely N-dealkylation sites (N-methyl/N-ethyl adjacent to an activating group) is 2. The minimum absolute atomic E-state index is 0.432. The Kier molecular flexibility index (Phi) is 6.19. The first kappa shape index (κ1) is 14.2. The second-order valence-corrected chi connectivity index (χ2v) is 4.79. The molecule has 3 heteroatoms. The average molecular weight is 235 g/mol. The molecule has 0 fully saturated rings. The van der Waals surface area contributed by atoms with E-state index in [-0.39, 0.29) is 0 Å². The van der Waals surface area contributed by atoms with Crippen LogP contribution in [-0.4, -0.2) is 50.6 Å². The smallest absolute Gasteiger partial charge is 0.0357 e. The molecule has 1 rings (SSSR count). The summed E-state index contributed by atoms with van der Waals surface area (Å²) in [5.74, 6) is 0. The van der Waals surface area contributed by atoms with Crippen LogP contribution in [0.2, 0.25) is 0 Å². The molecule has 0 bridgehead atoms. The van der Waals surface area contributed by atoms with Crippen molar-refractivity contribution in [3.63, 3.8) is 0 Å². The lowest BCUT2D eigenvalue weighted by Gasteiger charge is -2.29. The van der Waals surface area contributed by atoms with Crippen LogP contribution in [0.25, 0.3) is 0 Å². The number of hydrogen-bond acceptors (Lipinski definition) is 3. The van der Waals surface area contributed by atoms with Gasteiger partial charge in [-0.15, -0.1) is 0 Å². The molecule has 0 aromatic heterocycles. The van der Waals surface area contributed by atoms with Crippen LogP contribution in [0.3, 0.4) is 0 Å². The van der Waals surface area contributed by atoms with E-state index in [1.165, 1.54) is 5.56 Å². The van der Waals surface area contributed by atoms with Crippen LogP contribution in [0.5, 0.6) is 0 Å². The van der Waals surface area contributed by atoms with Crippen LogP contribution < -0.4 is 5.73 Å². The highest BCUT2D eigenvalue weighted by molar-refractivity contribution is 5.18. The van der Waals surface area contributed by atoms with E-state index in [4.69, 9.17) is 5.73 Å². The van der Waals surface area contributed by atoms with E-state index >= 15 is 0 Å². The summed E-state index contributed by atoms with van der Waals surface area (Å²) in [6.07, 6.45) is 1.01. The predicted molar refractivity (Wildman–Crippen MR) is 74.0 cm³/mol. The normalized spacial score (nSPS) is 13.3. The summed E-state index contributed by atoms with van der Waals surface area (Å²) in [5.41, 5.74) is 7.08. The first-order valence-electron chi connectivity index (χ1n) is 6.25. The molecule has 1 atom stereocenters. The Labute approximate surface area is 105 Å². The zero-order valence-corrected chi connectivity index (χ0v) is 11.3. The highest BCUT2D eigenvalue weighted by atomic mass is 15.2. The van der Waals surface area contributed by atoms with Crippen LogP contribution in [0.15, 0.2) is 30.3 Å². The fourth-order valence-electron chi connectivity index (χ4n) is 1.99. The lowest BCUT2D eigenvalue weighted by Crippen LogP contribution is -2.33. The molecule has 0 heterocycles. The Morgan fingerprint density at radius 3 is 2.24 bits per heavy atom. The second kappa shape index (κ2) is 7.43. The number of nitrogens with two attached hydrogens (primary N) is 1. The molecule has 0 saturated carbocycles. The van der Waals surface area contributed by atoms with Gasteiger partial charge < -0.3 is 10.6 Å². The third-order valence-corrected chi connectivity index (χ3v) is 3.06. The van der Waals surface area contributed by atoms with Gasteiger partial charge in [0, 0.05) is 19.1 Å². The van der Waals surface area contributed by atoms with Crippen molar-refractivity contribution < 1.29 is 0 Å². The summed E-state index contributed by atoms with van der Waals surface area (Å²) in [7, 11) is 6.39. The number of hydrogen-bond donors (Lipinski definition) is 1. The highest BCUT2D eigenvalue weighted by Gasteiger charge is 2.15. The minimum Gasteiger partial charge on any atom is -0.330 e. The van der Waals surface area contributed by atoms with E-state index in [0.717, 1.165) is 26.1 Å². The van der Waals surface area contributed by atoms with Gasteiger partial charge >= 0.3 is 0 Å². The van der Waals surface area contributed by atoms with Crippen molar-refractivity contribution in [1.82, 2.24) is 9.80 Å². The van der Waals surface area contributed by atoms with Gasteiger partial charge in [0.1, 0.15) is 0 Å². The summed E-state index contributed by atoms with van der Waals surface area (Å²) in [6.45, 7) is 2.86. The lowest BCUT2D eigenvalue weighted by atomic mass is 10.0. The van der Waals surface area contributed by atoms with Crippen LogP contribution in [-0.2, 0) is 0 Å². The van der Waals surface area contributed by atoms with E-state index in [1.807, 2.05) is 0 Å². The summed E-state index contributed by atoms with van der Waals surface area (Å²) in [5, 5.41) is 0. The summed E-state index contributed by atoms with van der Waals surface area (Å²) in [4.78, 5) is 4.60. The Hall–Kier alpha value is -0.900. The quantitative estimate of drug-likeness (QED) is 0.778. The number of rotatable bonds is 7. The summed E-state index contributed by atoms with van der Waals surface area (Å²) >= 11 is 0. The van der Waals surface area contributed by atoms with Crippen molar-refractivity contribution in [2.75, 3.05) is 40.8 Å². The molecule has 1 aromatic carbocycles. The van der Waals surface area contributed by atoms with E-state index in [0.29, 0.717) is 6.04 Å². The molecule has 0 aliphatic carbocycles. The van der Waals surface area contributed by atoms with Gasteiger partial charge in [-0.3, -0.25) is 4.90 Å². The van der Waals surface area contributed by atoms with Gasteiger partial charge in [0.2, 0.25) is 0 Å². The highest BCUT2D eigenvalue weighted by Crippen LogP contribution is 2.21. The summed E-state index contributed by atoms with van der Waals surface area (Å²) in [6, 6.07) is 11.1. The molecule has 0 aliphatic heterocycles. The van der Waals surface area contributed by atoms with E-state index < -0.39 is 0 Å². The van der Waals surface area contributed by atoms with Gasteiger partial charge in [-0.05, 0) is 39.7 Å². The first-order chi connectivity index (χ1) is 8.15. The standard InChI is InChI=1S/C14H25N3/c1-16(2)11-12-17(3)14(9-10-15)13-7-5-4-6-8-13/h4-8,14H,9-12,15H2,1-3H3. The molecule has 2 N–H and O–H groups in total. The van der Waals surface area contributed by atoms with Gasteiger partial charge in [-0.1, -0.05) is 30.3 Å². The van der Waals surface area contributed by atoms with E-state index in [2.05, 4.69) is 61.3 Å². The molecular formula is C14H25N3. The summed E-state index contributed by atoms with van der Waals surface area (Å²) < 4.78 is 0. The van der Waals surface area contributed by atoms with Gasteiger partial charge in [0.25, 0.3) is 0 Å². The van der Waals surface area contributed by atoms with E-state index in [9.17, 15) is 0 Å². The molecule has 0 amide bonds. The molecule has 0 aliphatic rings. The van der Waals surface area contributed by atoms with Crippen molar-refractivity contribution in [3.8, 4) is 0 Å². The topological polar surface area (TPSA) is 32.5 Å². The Morgan fingerprint density at radius 1 is 1.06 bits per heavy atom. The Bertz CT molecular complexity index is 298. The van der Waals surface area contributed by atoms with Crippen molar-refractivity contribution in [1.29, 1.82) is 0 Å². The Balaban J connectivity index is 2.65. The number of nitrogens with zero attached hydrogens (tertiary/aromatic N) is 2. The molecule has 3 nitrogen and oxygen atoms in total. The molecule has 0 saturated heterocycles. The fourth-order valence-corrected chi connectivity index (χ4v) is 1.99. The third kappa shape index (κ3) is 4.86. The SMILES string of the molecule is CN(C)CCN(C)C(CCN)c1ccccc1. The van der Waals surface area contributed by atoms with Crippen LogP contribution in [0.1, 0.15) is 18.0 Å².